The molecule has 0 aliphatic carbocycles. The van der Waals surface area contributed by atoms with Crippen molar-refractivity contribution >= 4 is 46.7 Å². The zero-order valence-corrected chi connectivity index (χ0v) is 17.0. The van der Waals surface area contributed by atoms with Crippen molar-refractivity contribution < 1.29 is 4.79 Å². The molecule has 0 radical (unpaired) electrons. The Hall–Kier alpha value is -2.09. The van der Waals surface area contributed by atoms with Gasteiger partial charge in [0.2, 0.25) is 11.1 Å². The highest BCUT2D eigenvalue weighted by molar-refractivity contribution is 7.99. The number of halogens is 2. The summed E-state index contributed by atoms with van der Waals surface area (Å²) in [6.45, 7) is 3.87. The van der Waals surface area contributed by atoms with Crippen LogP contribution in [-0.2, 0) is 11.2 Å². The van der Waals surface area contributed by atoms with Gasteiger partial charge in [-0.05, 0) is 24.5 Å². The first-order chi connectivity index (χ1) is 13.0. The zero-order chi connectivity index (χ0) is 19.4. The van der Waals surface area contributed by atoms with E-state index in [4.69, 9.17) is 23.2 Å². The lowest BCUT2D eigenvalue weighted by molar-refractivity contribution is -0.113. The highest BCUT2D eigenvalue weighted by atomic mass is 35.5. The third-order valence-electron chi connectivity index (χ3n) is 3.89. The number of rotatable bonds is 6. The molecule has 3 aromatic rings. The lowest BCUT2D eigenvalue weighted by Crippen LogP contribution is -2.15. The van der Waals surface area contributed by atoms with E-state index in [2.05, 4.69) is 44.5 Å². The molecule has 0 saturated carbocycles. The molecule has 1 amide bonds. The summed E-state index contributed by atoms with van der Waals surface area (Å²) in [6, 6.07) is 8.11. The lowest BCUT2D eigenvalue weighted by Gasteiger charge is -2.08. The number of hydrogen-bond acceptors (Lipinski definition) is 5. The molecule has 2 aromatic heterocycles. The van der Waals surface area contributed by atoms with Crippen LogP contribution in [-0.4, -0.2) is 31.8 Å². The summed E-state index contributed by atoms with van der Waals surface area (Å²) in [5, 5.41) is 11.0. The minimum absolute atomic E-state index is 0.131. The maximum Gasteiger partial charge on any atom is 0.236 e. The standard InChI is InChI=1S/C18H17Cl2N5OS/c1-3-11-4-6-12(7-5-11)16-23-18(25-24-16)27-9-14(26)22-17-15(20)10(2)13(19)8-21-17/h4-8H,3,9H2,1-2H3,(H,21,22,26)(H,23,24,25). The van der Waals surface area contributed by atoms with Crippen LogP contribution in [0.1, 0.15) is 18.1 Å². The van der Waals surface area contributed by atoms with Gasteiger partial charge in [-0.2, -0.15) is 0 Å². The fraction of sp³-hybridized carbons (Fsp3) is 0.222. The van der Waals surface area contributed by atoms with E-state index in [0.717, 1.165) is 12.0 Å². The summed E-state index contributed by atoms with van der Waals surface area (Å²) < 4.78 is 0. The van der Waals surface area contributed by atoms with Gasteiger partial charge in [0.1, 0.15) is 0 Å². The van der Waals surface area contributed by atoms with Gasteiger partial charge in [-0.25, -0.2) is 9.97 Å². The predicted molar refractivity (Wildman–Crippen MR) is 110 cm³/mol. The van der Waals surface area contributed by atoms with Crippen molar-refractivity contribution in [2.24, 2.45) is 0 Å². The Morgan fingerprint density at radius 2 is 2.00 bits per heavy atom. The second-order valence-electron chi connectivity index (χ2n) is 5.75. The summed E-state index contributed by atoms with van der Waals surface area (Å²) in [7, 11) is 0. The highest BCUT2D eigenvalue weighted by Crippen LogP contribution is 2.28. The van der Waals surface area contributed by atoms with E-state index in [1.807, 2.05) is 12.1 Å². The topological polar surface area (TPSA) is 83.6 Å². The number of anilines is 1. The first kappa shape index (κ1) is 19.7. The van der Waals surface area contributed by atoms with Gasteiger partial charge >= 0.3 is 0 Å². The van der Waals surface area contributed by atoms with Crippen LogP contribution < -0.4 is 5.32 Å². The molecule has 0 aliphatic heterocycles. The Kier molecular flexibility index (Phi) is 6.36. The van der Waals surface area contributed by atoms with Gasteiger partial charge in [-0.15, -0.1) is 5.10 Å². The summed E-state index contributed by atoms with van der Waals surface area (Å²) in [5.41, 5.74) is 2.88. The second-order valence-corrected chi connectivity index (χ2v) is 7.48. The van der Waals surface area contributed by atoms with Gasteiger partial charge in [0.15, 0.2) is 11.6 Å². The monoisotopic (exact) mass is 421 g/mol. The Morgan fingerprint density at radius 1 is 1.26 bits per heavy atom. The summed E-state index contributed by atoms with van der Waals surface area (Å²) in [6.07, 6.45) is 2.44. The number of pyridine rings is 1. The third kappa shape index (κ3) is 4.80. The summed E-state index contributed by atoms with van der Waals surface area (Å²) >= 11 is 13.3. The van der Waals surface area contributed by atoms with Crippen LogP contribution in [0.2, 0.25) is 10.0 Å². The normalized spacial score (nSPS) is 10.8. The number of nitrogens with zero attached hydrogens (tertiary/aromatic N) is 3. The van der Waals surface area contributed by atoms with Crippen LogP contribution in [0.3, 0.4) is 0 Å². The first-order valence-electron chi connectivity index (χ1n) is 8.23. The van der Waals surface area contributed by atoms with Crippen molar-refractivity contribution in [3.05, 3.63) is 51.6 Å². The van der Waals surface area contributed by atoms with Crippen molar-refractivity contribution in [3.8, 4) is 11.4 Å². The molecule has 0 saturated heterocycles. The number of benzene rings is 1. The van der Waals surface area contributed by atoms with Crippen molar-refractivity contribution in [1.82, 2.24) is 20.2 Å². The number of carbonyl (C=O) groups excluding carboxylic acids is 1. The maximum atomic E-state index is 12.2. The van der Waals surface area contributed by atoms with Crippen LogP contribution in [0.25, 0.3) is 11.4 Å². The maximum absolute atomic E-state index is 12.2. The van der Waals surface area contributed by atoms with Crippen molar-refractivity contribution in [3.63, 3.8) is 0 Å². The Morgan fingerprint density at radius 3 is 2.70 bits per heavy atom. The Bertz CT molecular complexity index is 959. The molecule has 6 nitrogen and oxygen atoms in total. The van der Waals surface area contributed by atoms with Crippen LogP contribution >= 0.6 is 35.0 Å². The molecule has 3 rings (SSSR count). The molecule has 0 unspecified atom stereocenters. The highest BCUT2D eigenvalue weighted by Gasteiger charge is 2.13. The van der Waals surface area contributed by atoms with Gasteiger partial charge < -0.3 is 5.32 Å². The first-order valence-corrected chi connectivity index (χ1v) is 9.97. The molecule has 2 N–H and O–H groups in total. The van der Waals surface area contributed by atoms with E-state index in [0.29, 0.717) is 26.6 Å². The van der Waals surface area contributed by atoms with Crippen LogP contribution in [0.4, 0.5) is 5.82 Å². The van der Waals surface area contributed by atoms with Crippen LogP contribution in [0.15, 0.2) is 35.6 Å². The number of H-pyrrole nitrogens is 1. The largest absolute Gasteiger partial charge is 0.309 e. The van der Waals surface area contributed by atoms with E-state index in [1.165, 1.54) is 23.5 Å². The SMILES string of the molecule is CCc1ccc(-c2nc(SCC(=O)Nc3ncc(Cl)c(C)c3Cl)n[nH]2)cc1. The lowest BCUT2D eigenvalue weighted by atomic mass is 10.1. The zero-order valence-electron chi connectivity index (χ0n) is 14.7. The molecule has 1 aromatic carbocycles. The molecule has 2 heterocycles. The number of amides is 1. The van der Waals surface area contributed by atoms with E-state index in [9.17, 15) is 4.79 Å². The fourth-order valence-electron chi connectivity index (χ4n) is 2.28. The fourth-order valence-corrected chi connectivity index (χ4v) is 3.27. The minimum Gasteiger partial charge on any atom is -0.309 e. The van der Waals surface area contributed by atoms with Gasteiger partial charge in [-0.1, -0.05) is 66.2 Å². The van der Waals surface area contributed by atoms with Gasteiger partial charge in [0, 0.05) is 11.8 Å². The predicted octanol–water partition coefficient (Wildman–Crippen LogP) is 4.78. The molecule has 0 spiro atoms. The number of carbonyl (C=O) groups is 1. The molecule has 0 fully saturated rings. The smallest absolute Gasteiger partial charge is 0.236 e. The van der Waals surface area contributed by atoms with E-state index >= 15 is 0 Å². The van der Waals surface area contributed by atoms with Crippen LogP contribution in [0, 0.1) is 6.92 Å². The number of nitrogens with one attached hydrogen (secondary N) is 2. The van der Waals surface area contributed by atoms with Gasteiger partial charge in [0.05, 0.1) is 15.8 Å². The van der Waals surface area contributed by atoms with Crippen LogP contribution in [0.5, 0.6) is 0 Å². The molecule has 0 aliphatic rings. The number of thioether (sulfide) groups is 1. The molecule has 140 valence electrons. The average Bonchev–Trinajstić information content (AvgIpc) is 3.16. The van der Waals surface area contributed by atoms with Gasteiger partial charge in [0.25, 0.3) is 0 Å². The van der Waals surface area contributed by atoms with Gasteiger partial charge in [-0.3, -0.25) is 9.89 Å². The Balaban J connectivity index is 1.59. The molecular weight excluding hydrogens is 405 g/mol. The number of aromatic nitrogens is 4. The number of aromatic amines is 1. The van der Waals surface area contributed by atoms with E-state index < -0.39 is 0 Å². The summed E-state index contributed by atoms with van der Waals surface area (Å²) in [4.78, 5) is 20.6. The van der Waals surface area contributed by atoms with E-state index in [-0.39, 0.29) is 17.5 Å². The number of hydrogen-bond donors (Lipinski definition) is 2. The van der Waals surface area contributed by atoms with E-state index in [1.54, 1.807) is 6.92 Å². The van der Waals surface area contributed by atoms with Crippen molar-refractivity contribution in [1.29, 1.82) is 0 Å². The number of aryl methyl sites for hydroxylation is 1. The average molecular weight is 422 g/mol. The molecular formula is C18H17Cl2N5OS. The molecule has 27 heavy (non-hydrogen) atoms. The molecule has 0 atom stereocenters. The quantitative estimate of drug-likeness (QED) is 0.559. The van der Waals surface area contributed by atoms with Crippen molar-refractivity contribution in [2.45, 2.75) is 25.4 Å². The Labute approximate surface area is 171 Å². The minimum atomic E-state index is -0.255. The summed E-state index contributed by atoms with van der Waals surface area (Å²) in [5.74, 6) is 0.829. The molecule has 0 bridgehead atoms. The molecule has 9 heteroatoms. The third-order valence-corrected chi connectivity index (χ3v) is 5.58. The van der Waals surface area contributed by atoms with Crippen molar-refractivity contribution in [2.75, 3.05) is 11.1 Å². The second kappa shape index (κ2) is 8.73.